The Hall–Kier alpha value is -2.14. The summed E-state index contributed by atoms with van der Waals surface area (Å²) in [6.45, 7) is 4.07. The van der Waals surface area contributed by atoms with E-state index in [1.807, 2.05) is 6.92 Å². The van der Waals surface area contributed by atoms with Gasteiger partial charge in [0.15, 0.2) is 5.43 Å². The molecule has 0 aliphatic carbocycles. The van der Waals surface area contributed by atoms with E-state index in [4.69, 9.17) is 4.74 Å². The molecular weight excluding hydrogens is 300 g/mol. The number of hydrogen-bond donors (Lipinski definition) is 1. The Morgan fingerprint density at radius 1 is 1.36 bits per heavy atom. The number of ether oxygens (including phenoxy) is 1. The molecule has 0 aliphatic rings. The average Bonchev–Trinajstić information content (AvgIpc) is 2.48. The van der Waals surface area contributed by atoms with Crippen LogP contribution in [0.2, 0.25) is 0 Å². The Balaban J connectivity index is 2.53. The number of phenols is 1. The molecule has 1 aromatic heterocycles. The van der Waals surface area contributed by atoms with Crippen molar-refractivity contribution < 1.29 is 14.6 Å². The second kappa shape index (κ2) is 7.22. The van der Waals surface area contributed by atoms with E-state index in [0.29, 0.717) is 23.3 Å². The minimum Gasteiger partial charge on any atom is -0.508 e. The first-order valence-electron chi connectivity index (χ1n) is 7.20. The Labute approximate surface area is 132 Å². The molecule has 1 N–H and O–H groups in total. The first-order chi connectivity index (χ1) is 10.6. The minimum absolute atomic E-state index is 0.116. The van der Waals surface area contributed by atoms with Gasteiger partial charge in [0.2, 0.25) is 0 Å². The summed E-state index contributed by atoms with van der Waals surface area (Å²) < 4.78 is 5.60. The van der Waals surface area contributed by atoms with Crippen molar-refractivity contribution in [2.24, 2.45) is 0 Å². The van der Waals surface area contributed by atoms with Gasteiger partial charge in [0.25, 0.3) is 0 Å². The highest BCUT2D eigenvalue weighted by Gasteiger charge is 2.10. The molecule has 0 spiro atoms. The summed E-state index contributed by atoms with van der Waals surface area (Å²) in [5.41, 5.74) is 0.670. The van der Waals surface area contributed by atoms with E-state index in [-0.39, 0.29) is 11.2 Å². The summed E-state index contributed by atoms with van der Waals surface area (Å²) in [6.07, 6.45) is 4.45. The number of aromatic hydroxyl groups is 1. The Kier molecular flexibility index (Phi) is 5.33. The summed E-state index contributed by atoms with van der Waals surface area (Å²) in [5, 5.41) is 10.6. The van der Waals surface area contributed by atoms with Gasteiger partial charge in [0.1, 0.15) is 5.75 Å². The van der Waals surface area contributed by atoms with E-state index in [1.165, 1.54) is 23.5 Å². The van der Waals surface area contributed by atoms with Gasteiger partial charge in [-0.15, -0.1) is 11.3 Å². The maximum Gasteiger partial charge on any atom is 0.330 e. The average molecular weight is 318 g/mol. The van der Waals surface area contributed by atoms with Crippen molar-refractivity contribution in [1.82, 2.24) is 0 Å². The Morgan fingerprint density at radius 3 is 2.82 bits per heavy atom. The van der Waals surface area contributed by atoms with Crippen LogP contribution in [0.25, 0.3) is 16.2 Å². The maximum atomic E-state index is 12.2. The van der Waals surface area contributed by atoms with Crippen LogP contribution in [0.1, 0.15) is 30.7 Å². The van der Waals surface area contributed by atoms with E-state index < -0.39 is 5.97 Å². The zero-order valence-corrected chi connectivity index (χ0v) is 13.4. The van der Waals surface area contributed by atoms with Crippen molar-refractivity contribution in [3.05, 3.63) is 44.9 Å². The molecule has 0 saturated carbocycles. The second-order valence-electron chi connectivity index (χ2n) is 4.79. The van der Waals surface area contributed by atoms with Gasteiger partial charge in [-0.2, -0.15) is 0 Å². The van der Waals surface area contributed by atoms with Crippen molar-refractivity contribution in [1.29, 1.82) is 0 Å². The molecule has 0 aliphatic heterocycles. The summed E-state index contributed by atoms with van der Waals surface area (Å²) in [7, 11) is 0. The lowest BCUT2D eigenvalue weighted by atomic mass is 10.1. The molecule has 22 heavy (non-hydrogen) atoms. The van der Waals surface area contributed by atoms with Gasteiger partial charge in [0.05, 0.1) is 6.61 Å². The molecule has 0 radical (unpaired) electrons. The number of carbonyl (C=O) groups is 1. The zero-order valence-electron chi connectivity index (χ0n) is 12.6. The lowest BCUT2D eigenvalue weighted by molar-refractivity contribution is -0.137. The molecule has 2 rings (SSSR count). The van der Waals surface area contributed by atoms with Crippen LogP contribution in [-0.4, -0.2) is 17.7 Å². The summed E-state index contributed by atoms with van der Waals surface area (Å²) >= 11 is 1.39. The van der Waals surface area contributed by atoms with Crippen LogP contribution in [0, 0.1) is 0 Å². The molecule has 4 nitrogen and oxygen atoms in total. The molecule has 116 valence electrons. The largest absolute Gasteiger partial charge is 0.508 e. The summed E-state index contributed by atoms with van der Waals surface area (Å²) in [6, 6.07) is 4.70. The van der Waals surface area contributed by atoms with Gasteiger partial charge >= 0.3 is 5.97 Å². The summed E-state index contributed by atoms with van der Waals surface area (Å²) in [5.74, 6) is -0.233. The van der Waals surface area contributed by atoms with Gasteiger partial charge in [-0.05, 0) is 31.6 Å². The highest BCUT2D eigenvalue weighted by atomic mass is 32.1. The number of aryl methyl sites for hydroxylation is 1. The van der Waals surface area contributed by atoms with Crippen LogP contribution in [0.4, 0.5) is 0 Å². The minimum atomic E-state index is -0.438. The monoisotopic (exact) mass is 318 g/mol. The van der Waals surface area contributed by atoms with Crippen LogP contribution in [0.15, 0.2) is 29.1 Å². The van der Waals surface area contributed by atoms with E-state index in [2.05, 4.69) is 0 Å². The molecule has 2 aromatic rings. The Morgan fingerprint density at radius 2 is 2.14 bits per heavy atom. The van der Waals surface area contributed by atoms with Crippen LogP contribution in [-0.2, 0) is 16.0 Å². The van der Waals surface area contributed by atoms with Gasteiger partial charge in [-0.25, -0.2) is 4.79 Å². The van der Waals surface area contributed by atoms with Crippen LogP contribution < -0.4 is 5.43 Å². The molecule has 0 amide bonds. The van der Waals surface area contributed by atoms with Crippen LogP contribution in [0.5, 0.6) is 5.75 Å². The molecule has 0 fully saturated rings. The van der Waals surface area contributed by atoms with Crippen molar-refractivity contribution >= 4 is 33.5 Å². The molecule has 0 unspecified atom stereocenters. The number of rotatable bonds is 5. The number of carbonyl (C=O) groups excluding carboxylic acids is 1. The molecule has 5 heteroatoms. The first kappa shape index (κ1) is 16.2. The van der Waals surface area contributed by atoms with Gasteiger partial charge < -0.3 is 9.84 Å². The second-order valence-corrected chi connectivity index (χ2v) is 5.87. The van der Waals surface area contributed by atoms with Gasteiger partial charge in [0, 0.05) is 32.7 Å². The fraction of sp³-hybridized carbons (Fsp3) is 0.294. The standard InChI is InChI=1S/C17H18O4S/c1-3-5-12-14(18)8-7-13-15(19)10-11(22-17(12)13)6-9-16(20)21-4-2/h6-10,18H,3-5H2,1-2H3/b9-6+. The van der Waals surface area contributed by atoms with E-state index in [0.717, 1.165) is 16.7 Å². The number of hydrogen-bond acceptors (Lipinski definition) is 5. The number of esters is 1. The van der Waals surface area contributed by atoms with E-state index in [1.54, 1.807) is 25.1 Å². The fourth-order valence-electron chi connectivity index (χ4n) is 2.20. The highest BCUT2D eigenvalue weighted by molar-refractivity contribution is 7.19. The number of fused-ring (bicyclic) bond motifs is 1. The lowest BCUT2D eigenvalue weighted by Crippen LogP contribution is -2.02. The molecule has 0 saturated heterocycles. The van der Waals surface area contributed by atoms with Crippen molar-refractivity contribution in [3.63, 3.8) is 0 Å². The maximum absolute atomic E-state index is 12.2. The van der Waals surface area contributed by atoms with Gasteiger partial charge in [-0.3, -0.25) is 4.79 Å². The topological polar surface area (TPSA) is 63.6 Å². The zero-order chi connectivity index (χ0) is 16.1. The normalized spacial score (nSPS) is 11.2. The predicted molar refractivity (Wildman–Crippen MR) is 89.4 cm³/mol. The van der Waals surface area contributed by atoms with Crippen LogP contribution in [0.3, 0.4) is 0 Å². The SMILES string of the molecule is CCCc1c(O)ccc2c(=O)cc(/C=C/C(=O)OCC)sc12. The molecule has 1 heterocycles. The van der Waals surface area contributed by atoms with E-state index in [9.17, 15) is 14.7 Å². The van der Waals surface area contributed by atoms with Crippen LogP contribution >= 0.6 is 11.3 Å². The number of benzene rings is 1. The first-order valence-corrected chi connectivity index (χ1v) is 8.02. The molecule has 1 aromatic carbocycles. The smallest absolute Gasteiger partial charge is 0.330 e. The van der Waals surface area contributed by atoms with Crippen molar-refractivity contribution in [2.45, 2.75) is 26.7 Å². The number of phenolic OH excluding ortho intramolecular Hbond substituents is 1. The van der Waals surface area contributed by atoms with Gasteiger partial charge in [-0.1, -0.05) is 13.3 Å². The van der Waals surface area contributed by atoms with Crippen molar-refractivity contribution in [2.75, 3.05) is 6.61 Å². The third-order valence-corrected chi connectivity index (χ3v) is 4.32. The summed E-state index contributed by atoms with van der Waals surface area (Å²) in [4.78, 5) is 24.2. The molecule has 0 bridgehead atoms. The quantitative estimate of drug-likeness (QED) is 0.677. The fourth-order valence-corrected chi connectivity index (χ4v) is 3.34. The third-order valence-electron chi connectivity index (χ3n) is 3.16. The Bertz CT molecular complexity index is 774. The molecule has 0 atom stereocenters. The van der Waals surface area contributed by atoms with Crippen molar-refractivity contribution in [3.8, 4) is 5.75 Å². The molecular formula is C17H18O4S. The highest BCUT2D eigenvalue weighted by Crippen LogP contribution is 2.31. The van der Waals surface area contributed by atoms with E-state index >= 15 is 0 Å². The third kappa shape index (κ3) is 3.54. The lowest BCUT2D eigenvalue weighted by Gasteiger charge is -2.07. The predicted octanol–water partition coefficient (Wildman–Crippen LogP) is 3.50.